The Hall–Kier alpha value is -0.610. The molecule has 1 saturated carbocycles. The molecule has 0 radical (unpaired) electrons. The van der Waals surface area contributed by atoms with Gasteiger partial charge in [0.15, 0.2) is 0 Å². The van der Waals surface area contributed by atoms with Crippen LogP contribution >= 0.6 is 15.9 Å². The summed E-state index contributed by atoms with van der Waals surface area (Å²) in [6.45, 7) is 0. The molecule has 0 heterocycles. The van der Waals surface area contributed by atoms with Gasteiger partial charge in [0.05, 0.1) is 17.2 Å². The van der Waals surface area contributed by atoms with E-state index in [-0.39, 0.29) is 5.82 Å². The van der Waals surface area contributed by atoms with Crippen molar-refractivity contribution < 1.29 is 14.2 Å². The zero-order valence-electron chi connectivity index (χ0n) is 8.39. The first-order chi connectivity index (χ1) is 7.04. The number of rotatable bonds is 3. The molecule has 0 spiro atoms. The first kappa shape index (κ1) is 10.9. The van der Waals surface area contributed by atoms with Gasteiger partial charge in [-0.3, -0.25) is 0 Å². The van der Waals surface area contributed by atoms with Gasteiger partial charge < -0.3 is 9.84 Å². The zero-order chi connectivity index (χ0) is 11.1. The average Bonchev–Trinajstić information content (AvgIpc) is 2.89. The van der Waals surface area contributed by atoms with Gasteiger partial charge in [0.1, 0.15) is 11.6 Å². The van der Waals surface area contributed by atoms with Crippen LogP contribution in [-0.4, -0.2) is 17.8 Å². The molecule has 82 valence electrons. The van der Waals surface area contributed by atoms with E-state index in [0.29, 0.717) is 16.6 Å². The molecule has 15 heavy (non-hydrogen) atoms. The molecule has 1 aromatic rings. The second-order valence-corrected chi connectivity index (χ2v) is 4.83. The van der Waals surface area contributed by atoms with Crippen LogP contribution < -0.4 is 4.74 Å². The molecule has 0 atom stereocenters. The van der Waals surface area contributed by atoms with Crippen molar-refractivity contribution in [2.75, 3.05) is 7.11 Å². The Bertz CT molecular complexity index is 388. The van der Waals surface area contributed by atoms with E-state index in [2.05, 4.69) is 15.9 Å². The van der Waals surface area contributed by atoms with Crippen molar-refractivity contribution in [1.29, 1.82) is 0 Å². The van der Waals surface area contributed by atoms with Crippen molar-refractivity contribution in [2.45, 2.75) is 24.9 Å². The predicted molar refractivity (Wildman–Crippen MR) is 58.5 cm³/mol. The summed E-state index contributed by atoms with van der Waals surface area (Å²) in [5, 5.41) is 9.80. The van der Waals surface area contributed by atoms with Gasteiger partial charge in [-0.25, -0.2) is 4.39 Å². The summed E-state index contributed by atoms with van der Waals surface area (Å²) in [5.74, 6) is 0.148. The first-order valence-electron chi connectivity index (χ1n) is 4.78. The number of ether oxygens (including phenoxy) is 1. The van der Waals surface area contributed by atoms with Crippen molar-refractivity contribution in [3.63, 3.8) is 0 Å². The molecular formula is C11H12BrFO2. The topological polar surface area (TPSA) is 29.5 Å². The van der Waals surface area contributed by atoms with Gasteiger partial charge >= 0.3 is 0 Å². The molecule has 0 aliphatic heterocycles. The summed E-state index contributed by atoms with van der Waals surface area (Å²) in [5.41, 5.74) is 0.246. The van der Waals surface area contributed by atoms with Gasteiger partial charge in [-0.15, -0.1) is 0 Å². The van der Waals surface area contributed by atoms with Crippen molar-refractivity contribution in [1.82, 2.24) is 0 Å². The SMILES string of the molecule is COc1cc(F)c(Br)cc1CC1(O)CC1. The van der Waals surface area contributed by atoms with Crippen molar-refractivity contribution in [3.8, 4) is 5.75 Å². The Kier molecular flexibility index (Phi) is 2.73. The van der Waals surface area contributed by atoms with E-state index >= 15 is 0 Å². The number of hydrogen-bond donors (Lipinski definition) is 1. The highest BCUT2D eigenvalue weighted by atomic mass is 79.9. The fraction of sp³-hybridized carbons (Fsp3) is 0.455. The molecule has 1 aromatic carbocycles. The Labute approximate surface area is 96.2 Å². The highest BCUT2D eigenvalue weighted by molar-refractivity contribution is 9.10. The van der Waals surface area contributed by atoms with Gasteiger partial charge in [0.25, 0.3) is 0 Å². The Balaban J connectivity index is 2.31. The Morgan fingerprint density at radius 2 is 2.20 bits per heavy atom. The monoisotopic (exact) mass is 274 g/mol. The van der Waals surface area contributed by atoms with E-state index in [9.17, 15) is 9.50 Å². The van der Waals surface area contributed by atoms with Crippen LogP contribution in [0.2, 0.25) is 0 Å². The summed E-state index contributed by atoms with van der Waals surface area (Å²) < 4.78 is 18.7. The second-order valence-electron chi connectivity index (χ2n) is 3.98. The fourth-order valence-corrected chi connectivity index (χ4v) is 1.96. The maximum Gasteiger partial charge on any atom is 0.141 e. The lowest BCUT2D eigenvalue weighted by Crippen LogP contribution is -2.11. The molecule has 2 rings (SSSR count). The van der Waals surface area contributed by atoms with E-state index in [0.717, 1.165) is 18.4 Å². The van der Waals surface area contributed by atoms with Gasteiger partial charge in [-0.05, 0) is 40.4 Å². The average molecular weight is 275 g/mol. The summed E-state index contributed by atoms with van der Waals surface area (Å²) in [6.07, 6.45) is 2.14. The van der Waals surface area contributed by atoms with Crippen LogP contribution in [0.1, 0.15) is 18.4 Å². The maximum absolute atomic E-state index is 13.2. The fourth-order valence-electron chi connectivity index (χ4n) is 1.57. The number of halogens is 2. The van der Waals surface area contributed by atoms with Gasteiger partial charge in [0.2, 0.25) is 0 Å². The van der Waals surface area contributed by atoms with Gasteiger partial charge in [0, 0.05) is 12.5 Å². The van der Waals surface area contributed by atoms with Crippen LogP contribution in [0, 0.1) is 5.82 Å². The summed E-state index contributed by atoms with van der Waals surface area (Å²) in [4.78, 5) is 0. The van der Waals surface area contributed by atoms with Crippen molar-refractivity contribution in [3.05, 3.63) is 28.0 Å². The number of methoxy groups -OCH3 is 1. The minimum absolute atomic E-state index is 0.349. The van der Waals surface area contributed by atoms with Crippen LogP contribution in [0.3, 0.4) is 0 Å². The maximum atomic E-state index is 13.2. The standard InChI is InChI=1S/C11H12BrFO2/c1-15-10-5-9(13)8(12)4-7(10)6-11(14)2-3-11/h4-5,14H,2-3,6H2,1H3. The minimum Gasteiger partial charge on any atom is -0.496 e. The van der Waals surface area contributed by atoms with Crippen LogP contribution in [0.25, 0.3) is 0 Å². The number of aliphatic hydroxyl groups is 1. The van der Waals surface area contributed by atoms with Crippen LogP contribution in [0.5, 0.6) is 5.75 Å². The van der Waals surface area contributed by atoms with Crippen molar-refractivity contribution >= 4 is 15.9 Å². The van der Waals surface area contributed by atoms with E-state index in [1.807, 2.05) is 0 Å². The van der Waals surface area contributed by atoms with E-state index < -0.39 is 5.60 Å². The highest BCUT2D eigenvalue weighted by Gasteiger charge is 2.40. The molecule has 1 aliphatic rings. The van der Waals surface area contributed by atoms with E-state index in [4.69, 9.17) is 4.74 Å². The Morgan fingerprint density at radius 1 is 1.53 bits per heavy atom. The van der Waals surface area contributed by atoms with E-state index in [1.54, 1.807) is 6.07 Å². The van der Waals surface area contributed by atoms with Crippen LogP contribution in [0.4, 0.5) is 4.39 Å². The minimum atomic E-state index is -0.593. The lowest BCUT2D eigenvalue weighted by Gasteiger charge is -2.12. The van der Waals surface area contributed by atoms with Crippen LogP contribution in [0.15, 0.2) is 16.6 Å². The van der Waals surface area contributed by atoms with Crippen LogP contribution in [-0.2, 0) is 6.42 Å². The molecule has 1 aliphatic carbocycles. The third kappa shape index (κ3) is 2.32. The van der Waals surface area contributed by atoms with Gasteiger partial charge in [-0.1, -0.05) is 0 Å². The quantitative estimate of drug-likeness (QED) is 0.919. The third-order valence-electron chi connectivity index (χ3n) is 2.67. The smallest absolute Gasteiger partial charge is 0.141 e. The molecule has 4 heteroatoms. The Morgan fingerprint density at radius 3 is 2.73 bits per heavy atom. The predicted octanol–water partition coefficient (Wildman–Crippen LogP) is 2.66. The van der Waals surface area contributed by atoms with Gasteiger partial charge in [-0.2, -0.15) is 0 Å². The molecule has 0 saturated heterocycles. The lowest BCUT2D eigenvalue weighted by molar-refractivity contribution is 0.150. The summed E-state index contributed by atoms with van der Waals surface area (Å²) >= 11 is 3.13. The zero-order valence-corrected chi connectivity index (χ0v) is 9.97. The highest BCUT2D eigenvalue weighted by Crippen LogP contribution is 2.40. The van der Waals surface area contributed by atoms with Crippen molar-refractivity contribution in [2.24, 2.45) is 0 Å². The molecule has 0 amide bonds. The second kappa shape index (κ2) is 3.76. The normalized spacial score (nSPS) is 17.6. The van der Waals surface area contributed by atoms with E-state index in [1.165, 1.54) is 13.2 Å². The molecule has 2 nitrogen and oxygen atoms in total. The third-order valence-corrected chi connectivity index (χ3v) is 3.28. The molecular weight excluding hydrogens is 263 g/mol. The number of benzene rings is 1. The number of hydrogen-bond acceptors (Lipinski definition) is 2. The molecule has 1 N–H and O–H groups in total. The summed E-state index contributed by atoms with van der Waals surface area (Å²) in [7, 11) is 1.50. The summed E-state index contributed by atoms with van der Waals surface area (Å²) in [6, 6.07) is 3.01. The molecule has 0 unspecified atom stereocenters. The molecule has 1 fully saturated rings. The lowest BCUT2D eigenvalue weighted by atomic mass is 10.1. The largest absolute Gasteiger partial charge is 0.496 e. The first-order valence-corrected chi connectivity index (χ1v) is 5.58. The molecule has 0 aromatic heterocycles. The molecule has 0 bridgehead atoms.